The minimum Gasteiger partial charge on any atom is -0.354 e. The first-order valence-electron chi connectivity index (χ1n) is 12.1. The summed E-state index contributed by atoms with van der Waals surface area (Å²) in [5, 5.41) is 6.98. The van der Waals surface area contributed by atoms with E-state index in [4.69, 9.17) is 4.52 Å². The van der Waals surface area contributed by atoms with Crippen molar-refractivity contribution in [3.05, 3.63) is 82.2 Å². The number of carbonyl (C=O) groups excluding carboxylic acids is 1. The third-order valence-corrected chi connectivity index (χ3v) is 6.70. The third kappa shape index (κ3) is 5.36. The Bertz CT molecular complexity index is 1420. The van der Waals surface area contributed by atoms with Gasteiger partial charge in [-0.1, -0.05) is 47.1 Å². The SMILES string of the molecule is Cc1ccc(CN2CCC(CNC(=O)Cn3cnc4onc(-c5cccc(F)c5)c4c3=O)CC2)cc1. The van der Waals surface area contributed by atoms with E-state index in [0.717, 1.165) is 32.5 Å². The van der Waals surface area contributed by atoms with E-state index in [1.165, 1.54) is 40.2 Å². The Hall–Kier alpha value is -3.85. The number of aromatic nitrogens is 3. The summed E-state index contributed by atoms with van der Waals surface area (Å²) in [6, 6.07) is 14.4. The molecule has 3 heterocycles. The third-order valence-electron chi connectivity index (χ3n) is 6.70. The van der Waals surface area contributed by atoms with Gasteiger partial charge in [0.2, 0.25) is 5.91 Å². The Morgan fingerprint density at radius 2 is 1.94 bits per heavy atom. The van der Waals surface area contributed by atoms with Gasteiger partial charge in [-0.05, 0) is 56.5 Å². The average Bonchev–Trinajstić information content (AvgIpc) is 3.32. The molecule has 0 unspecified atom stereocenters. The zero-order valence-corrected chi connectivity index (χ0v) is 20.1. The van der Waals surface area contributed by atoms with Crippen molar-refractivity contribution in [1.29, 1.82) is 0 Å². The van der Waals surface area contributed by atoms with Crippen LogP contribution in [0.2, 0.25) is 0 Å². The predicted octanol–water partition coefficient (Wildman–Crippen LogP) is 3.53. The number of benzene rings is 2. The highest BCUT2D eigenvalue weighted by Crippen LogP contribution is 2.24. The van der Waals surface area contributed by atoms with E-state index in [0.29, 0.717) is 18.0 Å². The van der Waals surface area contributed by atoms with Crippen LogP contribution in [-0.4, -0.2) is 45.1 Å². The number of amides is 1. The van der Waals surface area contributed by atoms with E-state index in [-0.39, 0.29) is 29.2 Å². The smallest absolute Gasteiger partial charge is 0.267 e. The summed E-state index contributed by atoms with van der Waals surface area (Å²) < 4.78 is 20.1. The first kappa shape index (κ1) is 23.9. The fourth-order valence-electron chi connectivity index (χ4n) is 4.60. The highest BCUT2D eigenvalue weighted by molar-refractivity contribution is 5.88. The number of likely N-dealkylation sites (tertiary alicyclic amines) is 1. The van der Waals surface area contributed by atoms with Crippen molar-refractivity contribution in [2.24, 2.45) is 5.92 Å². The first-order chi connectivity index (χ1) is 17.5. The van der Waals surface area contributed by atoms with Crippen LogP contribution in [0.5, 0.6) is 0 Å². The summed E-state index contributed by atoms with van der Waals surface area (Å²) in [5.74, 6) is -0.310. The van der Waals surface area contributed by atoms with Crippen LogP contribution in [0, 0.1) is 18.7 Å². The topological polar surface area (TPSA) is 93.3 Å². The Balaban J connectivity index is 1.16. The normalized spacial score (nSPS) is 14.8. The Morgan fingerprint density at radius 3 is 2.69 bits per heavy atom. The maximum Gasteiger partial charge on any atom is 0.267 e. The van der Waals surface area contributed by atoms with E-state index in [1.807, 2.05) is 0 Å². The number of halogens is 1. The molecule has 0 spiro atoms. The van der Waals surface area contributed by atoms with Gasteiger partial charge in [0.15, 0.2) is 0 Å². The number of hydrogen-bond donors (Lipinski definition) is 1. The number of hydrogen-bond acceptors (Lipinski definition) is 6. The van der Waals surface area contributed by atoms with E-state index >= 15 is 0 Å². The fraction of sp³-hybridized carbons (Fsp3) is 0.333. The van der Waals surface area contributed by atoms with Crippen molar-refractivity contribution in [2.45, 2.75) is 32.9 Å². The van der Waals surface area contributed by atoms with Gasteiger partial charge in [-0.3, -0.25) is 19.1 Å². The zero-order chi connectivity index (χ0) is 25.1. The lowest BCUT2D eigenvalue weighted by molar-refractivity contribution is -0.122. The van der Waals surface area contributed by atoms with Crippen LogP contribution in [-0.2, 0) is 17.9 Å². The molecule has 0 atom stereocenters. The molecule has 1 aliphatic rings. The molecule has 1 aliphatic heterocycles. The molecule has 1 fully saturated rings. The van der Waals surface area contributed by atoms with Gasteiger partial charge in [0.25, 0.3) is 11.3 Å². The molecular formula is C27H28FN5O3. The molecule has 9 heteroatoms. The first-order valence-corrected chi connectivity index (χ1v) is 12.1. The van der Waals surface area contributed by atoms with Crippen molar-refractivity contribution in [3.8, 4) is 11.3 Å². The molecule has 1 amide bonds. The van der Waals surface area contributed by atoms with Crippen LogP contribution >= 0.6 is 0 Å². The molecule has 0 saturated carbocycles. The van der Waals surface area contributed by atoms with Crippen LogP contribution in [0.4, 0.5) is 4.39 Å². The molecule has 2 aromatic carbocycles. The molecule has 1 saturated heterocycles. The number of nitrogens with one attached hydrogen (secondary N) is 1. The zero-order valence-electron chi connectivity index (χ0n) is 20.1. The summed E-state index contributed by atoms with van der Waals surface area (Å²) in [6.07, 6.45) is 3.29. The maximum absolute atomic E-state index is 13.7. The molecule has 4 aromatic rings. The van der Waals surface area contributed by atoms with Crippen molar-refractivity contribution in [2.75, 3.05) is 19.6 Å². The lowest BCUT2D eigenvalue weighted by Crippen LogP contribution is -2.39. The lowest BCUT2D eigenvalue weighted by atomic mass is 9.96. The van der Waals surface area contributed by atoms with Gasteiger partial charge < -0.3 is 9.84 Å². The van der Waals surface area contributed by atoms with Crippen molar-refractivity contribution in [1.82, 2.24) is 24.9 Å². The second kappa shape index (κ2) is 10.4. The van der Waals surface area contributed by atoms with Crippen LogP contribution in [0.25, 0.3) is 22.4 Å². The number of carbonyl (C=O) groups is 1. The number of nitrogens with zero attached hydrogens (tertiary/aromatic N) is 4. The summed E-state index contributed by atoms with van der Waals surface area (Å²) in [4.78, 5) is 32.2. The molecule has 36 heavy (non-hydrogen) atoms. The Kier molecular flexibility index (Phi) is 6.90. The largest absolute Gasteiger partial charge is 0.354 e. The van der Waals surface area contributed by atoms with Crippen LogP contribution in [0.15, 0.2) is 64.2 Å². The summed E-state index contributed by atoms with van der Waals surface area (Å²) in [7, 11) is 0. The van der Waals surface area contributed by atoms with Gasteiger partial charge >= 0.3 is 0 Å². The average molecular weight is 490 g/mol. The molecular weight excluding hydrogens is 461 g/mol. The second-order valence-electron chi connectivity index (χ2n) is 9.41. The molecule has 2 aromatic heterocycles. The number of fused-ring (bicyclic) bond motifs is 1. The number of piperidine rings is 1. The standard InChI is InChI=1S/C27H28FN5O3/c1-18-5-7-20(8-6-18)15-32-11-9-19(10-12-32)14-29-23(34)16-33-17-30-26-24(27(33)35)25(31-36-26)21-3-2-4-22(28)13-21/h2-8,13,17,19H,9-12,14-16H2,1H3,(H,29,34). The van der Waals surface area contributed by atoms with Gasteiger partial charge in [0.05, 0.1) is 0 Å². The van der Waals surface area contributed by atoms with Gasteiger partial charge in [-0.25, -0.2) is 9.37 Å². The predicted molar refractivity (Wildman–Crippen MR) is 134 cm³/mol. The molecule has 5 rings (SSSR count). The Morgan fingerprint density at radius 1 is 1.17 bits per heavy atom. The van der Waals surface area contributed by atoms with Gasteiger partial charge in [0, 0.05) is 18.7 Å². The van der Waals surface area contributed by atoms with Crippen molar-refractivity contribution in [3.63, 3.8) is 0 Å². The van der Waals surface area contributed by atoms with E-state index < -0.39 is 11.4 Å². The van der Waals surface area contributed by atoms with Gasteiger partial charge in [-0.2, -0.15) is 0 Å². The second-order valence-corrected chi connectivity index (χ2v) is 9.41. The molecule has 0 bridgehead atoms. The molecule has 1 N–H and O–H groups in total. The Labute approximate surface area is 207 Å². The molecule has 186 valence electrons. The molecule has 0 radical (unpaired) electrons. The maximum atomic E-state index is 13.7. The summed E-state index contributed by atoms with van der Waals surface area (Å²) >= 11 is 0. The molecule has 0 aliphatic carbocycles. The minimum absolute atomic E-state index is 0.0494. The monoisotopic (exact) mass is 489 g/mol. The summed E-state index contributed by atoms with van der Waals surface area (Å²) in [5.41, 5.74) is 2.78. The summed E-state index contributed by atoms with van der Waals surface area (Å²) in [6.45, 7) is 5.42. The fourth-order valence-corrected chi connectivity index (χ4v) is 4.60. The molecule has 8 nitrogen and oxygen atoms in total. The van der Waals surface area contributed by atoms with Gasteiger partial charge in [-0.15, -0.1) is 0 Å². The van der Waals surface area contributed by atoms with E-state index in [2.05, 4.69) is 51.5 Å². The van der Waals surface area contributed by atoms with E-state index in [1.54, 1.807) is 6.07 Å². The minimum atomic E-state index is -0.458. The number of aryl methyl sites for hydroxylation is 1. The highest BCUT2D eigenvalue weighted by Gasteiger charge is 2.21. The van der Waals surface area contributed by atoms with Gasteiger partial charge in [0.1, 0.15) is 29.8 Å². The van der Waals surface area contributed by atoms with Crippen LogP contribution < -0.4 is 10.9 Å². The van der Waals surface area contributed by atoms with E-state index in [9.17, 15) is 14.0 Å². The lowest BCUT2D eigenvalue weighted by Gasteiger charge is -2.32. The number of rotatable bonds is 7. The van der Waals surface area contributed by atoms with Crippen LogP contribution in [0.3, 0.4) is 0 Å². The highest BCUT2D eigenvalue weighted by atomic mass is 19.1. The van der Waals surface area contributed by atoms with Crippen molar-refractivity contribution < 1.29 is 13.7 Å². The quantitative estimate of drug-likeness (QED) is 0.427. The van der Waals surface area contributed by atoms with Crippen LogP contribution in [0.1, 0.15) is 24.0 Å². The van der Waals surface area contributed by atoms with Crippen molar-refractivity contribution >= 4 is 17.0 Å².